The van der Waals surface area contributed by atoms with Gasteiger partial charge >= 0.3 is 0 Å². The van der Waals surface area contributed by atoms with Gasteiger partial charge in [0.15, 0.2) is 6.61 Å². The molecule has 3 N–H and O–H groups in total. The van der Waals surface area contributed by atoms with E-state index in [4.69, 9.17) is 22.1 Å². The molecule has 0 aliphatic heterocycles. The van der Waals surface area contributed by atoms with Crippen molar-refractivity contribution < 1.29 is 9.53 Å². The van der Waals surface area contributed by atoms with Crippen molar-refractivity contribution >= 4 is 45.8 Å². The van der Waals surface area contributed by atoms with Crippen LogP contribution in [0.5, 0.6) is 5.75 Å². The zero-order valence-electron chi connectivity index (χ0n) is 11.9. The Hall–Kier alpha value is -0.490. The Morgan fingerprint density at radius 2 is 2.24 bits per heavy atom. The number of unbranched alkanes of at least 4 members (excludes halogenated alkanes) is 1. The van der Waals surface area contributed by atoms with Crippen LogP contribution in [0.1, 0.15) is 26.2 Å². The number of hydrogen-bond donors (Lipinski definition) is 2. The van der Waals surface area contributed by atoms with Crippen LogP contribution >= 0.6 is 39.9 Å². The molecule has 1 rings (SSSR count). The van der Waals surface area contributed by atoms with E-state index < -0.39 is 0 Å². The largest absolute Gasteiger partial charge is 0.482 e. The van der Waals surface area contributed by atoms with E-state index in [1.165, 1.54) is 0 Å². The summed E-state index contributed by atoms with van der Waals surface area (Å²) in [6, 6.07) is 5.25. The number of carbonyl (C=O) groups excluding carboxylic acids is 1. The predicted octanol–water partition coefficient (Wildman–Crippen LogP) is 3.54. The van der Waals surface area contributed by atoms with E-state index in [9.17, 15) is 4.79 Å². The summed E-state index contributed by atoms with van der Waals surface area (Å²) < 4.78 is 6.26. The average Bonchev–Trinajstić information content (AvgIpc) is 2.42. The summed E-state index contributed by atoms with van der Waals surface area (Å²) in [5.41, 5.74) is 5.63. The molecule has 1 aromatic carbocycles. The Morgan fingerprint density at radius 1 is 1.52 bits per heavy atom. The van der Waals surface area contributed by atoms with Crippen molar-refractivity contribution in [2.75, 3.05) is 13.2 Å². The lowest BCUT2D eigenvalue weighted by Gasteiger charge is -2.16. The van der Waals surface area contributed by atoms with E-state index >= 15 is 0 Å². The fraction of sp³-hybridized carbons (Fsp3) is 0.500. The molecule has 0 aliphatic rings. The normalized spacial score (nSPS) is 11.4. The van der Waals surface area contributed by atoms with Crippen LogP contribution in [-0.2, 0) is 4.79 Å². The van der Waals surface area contributed by atoms with Gasteiger partial charge in [0.2, 0.25) is 0 Å². The summed E-state index contributed by atoms with van der Waals surface area (Å²) in [4.78, 5) is 11.8. The van der Waals surface area contributed by atoms with E-state index in [0.717, 1.165) is 23.7 Å². The standard InChI is InChI=1S/C14H20BrClN2O2.ClH/c1-2-3-4-11(8-17)18-14(19)9-20-13-6-5-10(15)7-12(13)16;/h5-7,11H,2-4,8-9,17H2,1H3,(H,18,19);1H. The molecule has 0 aliphatic carbocycles. The number of benzene rings is 1. The minimum absolute atomic E-state index is 0. The molecule has 0 saturated carbocycles. The van der Waals surface area contributed by atoms with E-state index in [2.05, 4.69) is 28.2 Å². The molecular formula is C14H21BrCl2N2O2. The molecule has 0 spiro atoms. The van der Waals surface area contributed by atoms with Gasteiger partial charge in [-0.25, -0.2) is 0 Å². The highest BCUT2D eigenvalue weighted by Crippen LogP contribution is 2.27. The summed E-state index contributed by atoms with van der Waals surface area (Å²) in [5, 5.41) is 3.33. The molecule has 1 amide bonds. The maximum absolute atomic E-state index is 11.8. The van der Waals surface area contributed by atoms with Gasteiger partial charge < -0.3 is 15.8 Å². The molecule has 4 nitrogen and oxygen atoms in total. The second-order valence-electron chi connectivity index (χ2n) is 4.51. The Bertz CT molecular complexity index is 447. The zero-order chi connectivity index (χ0) is 15.0. The fourth-order valence-electron chi connectivity index (χ4n) is 1.70. The van der Waals surface area contributed by atoms with Crippen LogP contribution in [0.15, 0.2) is 22.7 Å². The Balaban J connectivity index is 0.00000400. The van der Waals surface area contributed by atoms with E-state index in [0.29, 0.717) is 17.3 Å². The predicted molar refractivity (Wildman–Crippen MR) is 92.4 cm³/mol. The van der Waals surface area contributed by atoms with Crippen LogP contribution in [0.4, 0.5) is 0 Å². The van der Waals surface area contributed by atoms with Gasteiger partial charge in [0.25, 0.3) is 5.91 Å². The van der Waals surface area contributed by atoms with Crippen LogP contribution in [0.3, 0.4) is 0 Å². The van der Waals surface area contributed by atoms with E-state index in [1.807, 2.05) is 6.07 Å². The van der Waals surface area contributed by atoms with Crippen LogP contribution in [0.25, 0.3) is 0 Å². The van der Waals surface area contributed by atoms with Gasteiger partial charge in [-0.2, -0.15) is 0 Å². The number of ether oxygens (including phenoxy) is 1. The smallest absolute Gasteiger partial charge is 0.258 e. The third-order valence-electron chi connectivity index (χ3n) is 2.81. The Labute approximate surface area is 145 Å². The Kier molecular flexibility index (Phi) is 10.9. The molecule has 1 unspecified atom stereocenters. The molecule has 0 radical (unpaired) electrons. The van der Waals surface area contributed by atoms with Gasteiger partial charge in [0.1, 0.15) is 5.75 Å². The van der Waals surface area contributed by atoms with Gasteiger partial charge in [0, 0.05) is 17.1 Å². The fourth-order valence-corrected chi connectivity index (χ4v) is 2.43. The molecule has 21 heavy (non-hydrogen) atoms. The molecule has 0 aromatic heterocycles. The lowest BCUT2D eigenvalue weighted by atomic mass is 10.1. The van der Waals surface area contributed by atoms with Gasteiger partial charge in [-0.1, -0.05) is 47.3 Å². The van der Waals surface area contributed by atoms with Crippen molar-refractivity contribution in [3.63, 3.8) is 0 Å². The van der Waals surface area contributed by atoms with E-state index in [-0.39, 0.29) is 31.0 Å². The summed E-state index contributed by atoms with van der Waals surface area (Å²) in [6.07, 6.45) is 3.01. The molecule has 120 valence electrons. The highest BCUT2D eigenvalue weighted by atomic mass is 79.9. The number of carbonyl (C=O) groups is 1. The molecule has 0 heterocycles. The molecule has 7 heteroatoms. The molecule has 1 aromatic rings. The molecule has 0 saturated heterocycles. The van der Waals surface area contributed by atoms with Crippen molar-refractivity contribution in [1.82, 2.24) is 5.32 Å². The summed E-state index contributed by atoms with van der Waals surface area (Å²) in [5.74, 6) is 0.304. The lowest BCUT2D eigenvalue weighted by molar-refractivity contribution is -0.123. The van der Waals surface area contributed by atoms with Gasteiger partial charge in [-0.15, -0.1) is 12.4 Å². The number of hydrogen-bond acceptors (Lipinski definition) is 3. The van der Waals surface area contributed by atoms with Gasteiger partial charge in [0.05, 0.1) is 5.02 Å². The average molecular weight is 400 g/mol. The monoisotopic (exact) mass is 398 g/mol. The van der Waals surface area contributed by atoms with Crippen LogP contribution in [0.2, 0.25) is 5.02 Å². The first-order chi connectivity index (χ1) is 9.56. The number of halogens is 3. The molecule has 0 bridgehead atoms. The second kappa shape index (κ2) is 11.1. The Morgan fingerprint density at radius 3 is 2.81 bits per heavy atom. The number of nitrogens with one attached hydrogen (secondary N) is 1. The van der Waals surface area contributed by atoms with Gasteiger partial charge in [-0.05, 0) is 24.6 Å². The third kappa shape index (κ3) is 7.90. The quantitative estimate of drug-likeness (QED) is 0.702. The zero-order valence-corrected chi connectivity index (χ0v) is 15.1. The van der Waals surface area contributed by atoms with Crippen molar-refractivity contribution in [2.24, 2.45) is 5.73 Å². The first-order valence-electron chi connectivity index (χ1n) is 6.64. The van der Waals surface area contributed by atoms with E-state index in [1.54, 1.807) is 12.1 Å². The maximum atomic E-state index is 11.8. The third-order valence-corrected chi connectivity index (χ3v) is 3.60. The van der Waals surface area contributed by atoms with Crippen molar-refractivity contribution in [3.8, 4) is 5.75 Å². The van der Waals surface area contributed by atoms with Crippen LogP contribution < -0.4 is 15.8 Å². The van der Waals surface area contributed by atoms with Crippen molar-refractivity contribution in [3.05, 3.63) is 27.7 Å². The van der Waals surface area contributed by atoms with Crippen LogP contribution in [0, 0.1) is 0 Å². The molecule has 0 fully saturated rings. The first kappa shape index (κ1) is 20.5. The minimum Gasteiger partial charge on any atom is -0.482 e. The second-order valence-corrected chi connectivity index (χ2v) is 5.83. The summed E-state index contributed by atoms with van der Waals surface area (Å²) >= 11 is 9.32. The number of rotatable bonds is 8. The lowest BCUT2D eigenvalue weighted by Crippen LogP contribution is -2.42. The molecular weight excluding hydrogens is 379 g/mol. The van der Waals surface area contributed by atoms with Crippen LogP contribution in [-0.4, -0.2) is 25.1 Å². The highest BCUT2D eigenvalue weighted by molar-refractivity contribution is 9.10. The first-order valence-corrected chi connectivity index (χ1v) is 7.81. The maximum Gasteiger partial charge on any atom is 0.258 e. The number of amides is 1. The van der Waals surface area contributed by atoms with Crippen molar-refractivity contribution in [2.45, 2.75) is 32.2 Å². The topological polar surface area (TPSA) is 64.3 Å². The molecule has 1 atom stereocenters. The summed E-state index contributed by atoms with van der Waals surface area (Å²) in [6.45, 7) is 2.48. The highest BCUT2D eigenvalue weighted by Gasteiger charge is 2.11. The SMILES string of the molecule is CCCCC(CN)NC(=O)COc1ccc(Br)cc1Cl.Cl. The van der Waals surface area contributed by atoms with Gasteiger partial charge in [-0.3, -0.25) is 4.79 Å². The summed E-state index contributed by atoms with van der Waals surface area (Å²) in [7, 11) is 0. The number of nitrogens with two attached hydrogens (primary N) is 1. The van der Waals surface area contributed by atoms with Crippen molar-refractivity contribution in [1.29, 1.82) is 0 Å². The minimum atomic E-state index is -0.185.